The Morgan fingerprint density at radius 2 is 1.79 bits per heavy atom. The van der Waals surface area contributed by atoms with Crippen molar-refractivity contribution >= 4 is 11.3 Å². The van der Waals surface area contributed by atoms with E-state index in [0.29, 0.717) is 0 Å². The predicted octanol–water partition coefficient (Wildman–Crippen LogP) is 6.30. The summed E-state index contributed by atoms with van der Waals surface area (Å²) >= 11 is 1.78. The molecule has 0 aliphatic heterocycles. The van der Waals surface area contributed by atoms with Crippen molar-refractivity contribution < 1.29 is 0 Å². The van der Waals surface area contributed by atoms with Crippen LogP contribution < -0.4 is 0 Å². The third-order valence-corrected chi connectivity index (χ3v) is 5.22. The third-order valence-electron chi connectivity index (χ3n) is 4.24. The van der Waals surface area contributed by atoms with Crippen LogP contribution in [0.15, 0.2) is 48.0 Å². The first-order valence-corrected chi connectivity index (χ1v) is 9.62. The molecule has 3 aromatic rings. The SMILES string of the molecule is CCCCCCc1ccsc1-c1ccnc(-c2ccc(C)cc2)n1. The molecular weight excluding hydrogens is 312 g/mol. The van der Waals surface area contributed by atoms with Crippen LogP contribution in [0.3, 0.4) is 0 Å². The van der Waals surface area contributed by atoms with Crippen molar-refractivity contribution in [2.24, 2.45) is 0 Å². The number of hydrogen-bond acceptors (Lipinski definition) is 3. The fourth-order valence-electron chi connectivity index (χ4n) is 2.83. The largest absolute Gasteiger partial charge is 0.237 e. The predicted molar refractivity (Wildman–Crippen MR) is 103 cm³/mol. The van der Waals surface area contributed by atoms with E-state index in [2.05, 4.69) is 54.5 Å². The van der Waals surface area contributed by atoms with E-state index in [4.69, 9.17) is 4.98 Å². The van der Waals surface area contributed by atoms with Gasteiger partial charge in [-0.3, -0.25) is 0 Å². The van der Waals surface area contributed by atoms with Crippen LogP contribution in [-0.2, 0) is 6.42 Å². The molecule has 0 radical (unpaired) electrons. The molecule has 3 heteroatoms. The molecule has 0 spiro atoms. The monoisotopic (exact) mass is 336 g/mol. The van der Waals surface area contributed by atoms with Crippen LogP contribution in [0.25, 0.3) is 22.0 Å². The zero-order valence-corrected chi connectivity index (χ0v) is 15.3. The summed E-state index contributed by atoms with van der Waals surface area (Å²) in [7, 11) is 0. The van der Waals surface area contributed by atoms with Crippen LogP contribution in [0.5, 0.6) is 0 Å². The standard InChI is InChI=1S/C21H24N2S/c1-3-4-5-6-7-17-13-15-24-20(17)19-12-14-22-21(23-19)18-10-8-16(2)9-11-18/h8-15H,3-7H2,1-2H3. The second-order valence-corrected chi connectivity index (χ2v) is 7.13. The van der Waals surface area contributed by atoms with Crippen molar-refractivity contribution in [3.8, 4) is 22.0 Å². The van der Waals surface area contributed by atoms with Crippen molar-refractivity contribution in [2.75, 3.05) is 0 Å². The molecule has 0 aliphatic rings. The summed E-state index contributed by atoms with van der Waals surface area (Å²) in [5, 5.41) is 2.18. The maximum absolute atomic E-state index is 4.82. The zero-order chi connectivity index (χ0) is 16.8. The number of unbranched alkanes of at least 4 members (excludes halogenated alkanes) is 3. The quantitative estimate of drug-likeness (QED) is 0.473. The summed E-state index contributed by atoms with van der Waals surface area (Å²) in [4.78, 5) is 10.6. The van der Waals surface area contributed by atoms with Gasteiger partial charge in [0, 0.05) is 11.8 Å². The summed E-state index contributed by atoms with van der Waals surface area (Å²) in [6.45, 7) is 4.35. The van der Waals surface area contributed by atoms with Gasteiger partial charge in [-0.2, -0.15) is 0 Å². The second kappa shape index (κ2) is 8.20. The molecule has 1 aromatic carbocycles. The van der Waals surface area contributed by atoms with Gasteiger partial charge in [-0.1, -0.05) is 56.0 Å². The highest BCUT2D eigenvalue weighted by Crippen LogP contribution is 2.30. The Hall–Kier alpha value is -2.00. The van der Waals surface area contributed by atoms with Crippen LogP contribution >= 0.6 is 11.3 Å². The number of thiophene rings is 1. The fraction of sp³-hybridized carbons (Fsp3) is 0.333. The Bertz CT molecular complexity index is 775. The minimum absolute atomic E-state index is 0.804. The van der Waals surface area contributed by atoms with E-state index in [1.807, 2.05) is 12.3 Å². The van der Waals surface area contributed by atoms with Gasteiger partial charge in [-0.15, -0.1) is 11.3 Å². The molecule has 0 bridgehead atoms. The number of aryl methyl sites for hydroxylation is 2. The van der Waals surface area contributed by atoms with Crippen molar-refractivity contribution in [3.63, 3.8) is 0 Å². The number of aromatic nitrogens is 2. The highest BCUT2D eigenvalue weighted by atomic mass is 32.1. The average Bonchev–Trinajstić information content (AvgIpc) is 3.08. The van der Waals surface area contributed by atoms with Gasteiger partial charge in [0.05, 0.1) is 10.6 Å². The van der Waals surface area contributed by atoms with Crippen molar-refractivity contribution in [2.45, 2.75) is 46.0 Å². The molecule has 0 amide bonds. The Balaban J connectivity index is 1.82. The summed E-state index contributed by atoms with van der Waals surface area (Å²) in [6.07, 6.45) is 8.19. The number of rotatable bonds is 7. The van der Waals surface area contributed by atoms with Gasteiger partial charge in [0.2, 0.25) is 0 Å². The topological polar surface area (TPSA) is 25.8 Å². The molecule has 124 valence electrons. The minimum atomic E-state index is 0.804. The molecule has 3 rings (SSSR count). The van der Waals surface area contributed by atoms with E-state index in [0.717, 1.165) is 23.5 Å². The molecule has 0 atom stereocenters. The highest BCUT2D eigenvalue weighted by molar-refractivity contribution is 7.13. The van der Waals surface area contributed by atoms with Gasteiger partial charge >= 0.3 is 0 Å². The van der Waals surface area contributed by atoms with E-state index in [-0.39, 0.29) is 0 Å². The molecule has 2 heterocycles. The van der Waals surface area contributed by atoms with Crippen LogP contribution in [0.2, 0.25) is 0 Å². The summed E-state index contributed by atoms with van der Waals surface area (Å²) in [5.74, 6) is 0.804. The van der Waals surface area contributed by atoms with Gasteiger partial charge in [-0.25, -0.2) is 9.97 Å². The average molecular weight is 337 g/mol. The van der Waals surface area contributed by atoms with E-state index >= 15 is 0 Å². The normalized spacial score (nSPS) is 10.9. The van der Waals surface area contributed by atoms with Gasteiger partial charge in [0.15, 0.2) is 5.82 Å². The lowest BCUT2D eigenvalue weighted by molar-refractivity contribution is 0.668. The summed E-state index contributed by atoms with van der Waals surface area (Å²) in [6, 6.07) is 12.7. The molecule has 2 aromatic heterocycles. The molecule has 24 heavy (non-hydrogen) atoms. The Kier molecular flexibility index (Phi) is 5.76. The van der Waals surface area contributed by atoms with E-state index in [1.54, 1.807) is 11.3 Å². The fourth-order valence-corrected chi connectivity index (χ4v) is 3.75. The number of nitrogens with zero attached hydrogens (tertiary/aromatic N) is 2. The van der Waals surface area contributed by atoms with Crippen molar-refractivity contribution in [1.29, 1.82) is 0 Å². The first-order valence-electron chi connectivity index (χ1n) is 8.74. The molecule has 0 fully saturated rings. The first kappa shape index (κ1) is 16.8. The van der Waals surface area contributed by atoms with E-state index < -0.39 is 0 Å². The van der Waals surface area contributed by atoms with Gasteiger partial charge < -0.3 is 0 Å². The molecule has 0 unspecified atom stereocenters. The first-order chi connectivity index (χ1) is 11.8. The molecule has 0 N–H and O–H groups in total. The lowest BCUT2D eigenvalue weighted by Gasteiger charge is -2.06. The van der Waals surface area contributed by atoms with Crippen LogP contribution in [0.4, 0.5) is 0 Å². The maximum Gasteiger partial charge on any atom is 0.159 e. The molecular formula is C21H24N2S. The third kappa shape index (κ3) is 4.09. The van der Waals surface area contributed by atoms with Crippen molar-refractivity contribution in [1.82, 2.24) is 9.97 Å². The molecule has 0 saturated heterocycles. The van der Waals surface area contributed by atoms with E-state index in [1.165, 1.54) is 41.7 Å². The number of benzene rings is 1. The number of hydrogen-bond donors (Lipinski definition) is 0. The smallest absolute Gasteiger partial charge is 0.159 e. The zero-order valence-electron chi connectivity index (χ0n) is 14.5. The molecule has 0 aliphatic carbocycles. The van der Waals surface area contributed by atoms with Crippen LogP contribution in [-0.4, -0.2) is 9.97 Å². The molecule has 2 nitrogen and oxygen atoms in total. The van der Waals surface area contributed by atoms with Crippen molar-refractivity contribution in [3.05, 3.63) is 59.1 Å². The summed E-state index contributed by atoms with van der Waals surface area (Å²) < 4.78 is 0. The highest BCUT2D eigenvalue weighted by Gasteiger charge is 2.10. The summed E-state index contributed by atoms with van der Waals surface area (Å²) in [5.41, 5.74) is 4.79. The van der Waals surface area contributed by atoms with Gasteiger partial charge in [-0.05, 0) is 42.8 Å². The minimum Gasteiger partial charge on any atom is -0.237 e. The van der Waals surface area contributed by atoms with Gasteiger partial charge in [0.25, 0.3) is 0 Å². The van der Waals surface area contributed by atoms with E-state index in [9.17, 15) is 0 Å². The Morgan fingerprint density at radius 3 is 2.58 bits per heavy atom. The lowest BCUT2D eigenvalue weighted by atomic mass is 10.1. The van der Waals surface area contributed by atoms with Gasteiger partial charge in [0.1, 0.15) is 0 Å². The maximum atomic E-state index is 4.82. The lowest BCUT2D eigenvalue weighted by Crippen LogP contribution is -1.93. The second-order valence-electron chi connectivity index (χ2n) is 6.22. The Labute approximate surface area is 148 Å². The Morgan fingerprint density at radius 1 is 0.958 bits per heavy atom. The molecule has 0 saturated carbocycles. The van der Waals surface area contributed by atoms with Crippen LogP contribution in [0.1, 0.15) is 43.7 Å². The van der Waals surface area contributed by atoms with Crippen LogP contribution in [0, 0.1) is 6.92 Å².